The SMILES string of the molecule is O=C(N/N=C/c1ccc(-c2ccc([N+](=O)[O-])cc2)o1)c1cc(Br)ccc1O. The number of carbonyl (C=O) groups excluding carboxylic acids is 1. The number of hydrogen-bond acceptors (Lipinski definition) is 6. The monoisotopic (exact) mass is 429 g/mol. The van der Waals surface area contributed by atoms with Gasteiger partial charge in [-0.05, 0) is 42.5 Å². The van der Waals surface area contributed by atoms with Crippen LogP contribution in [-0.4, -0.2) is 22.2 Å². The number of rotatable bonds is 5. The quantitative estimate of drug-likeness (QED) is 0.359. The Morgan fingerprint density at radius 1 is 1.19 bits per heavy atom. The summed E-state index contributed by atoms with van der Waals surface area (Å²) < 4.78 is 6.22. The minimum absolute atomic E-state index is 0.00870. The number of nitrogens with zero attached hydrogens (tertiary/aromatic N) is 2. The van der Waals surface area contributed by atoms with Gasteiger partial charge >= 0.3 is 0 Å². The fraction of sp³-hybridized carbons (Fsp3) is 0. The maximum atomic E-state index is 12.0. The van der Waals surface area contributed by atoms with E-state index in [1.54, 1.807) is 30.3 Å². The Kier molecular flexibility index (Phi) is 5.32. The molecule has 0 bridgehead atoms. The van der Waals surface area contributed by atoms with E-state index in [-0.39, 0.29) is 17.0 Å². The third-order valence-electron chi connectivity index (χ3n) is 3.55. The van der Waals surface area contributed by atoms with Crippen molar-refractivity contribution in [3.05, 3.63) is 80.5 Å². The number of furan rings is 1. The van der Waals surface area contributed by atoms with Crippen molar-refractivity contribution in [3.63, 3.8) is 0 Å². The van der Waals surface area contributed by atoms with Crippen molar-refractivity contribution in [2.75, 3.05) is 0 Å². The molecule has 2 aromatic carbocycles. The molecule has 2 N–H and O–H groups in total. The predicted molar refractivity (Wildman–Crippen MR) is 102 cm³/mol. The summed E-state index contributed by atoms with van der Waals surface area (Å²) in [5, 5.41) is 24.2. The van der Waals surface area contributed by atoms with Gasteiger partial charge in [0.05, 0.1) is 16.7 Å². The molecule has 0 radical (unpaired) electrons. The molecular formula is C18H12BrN3O5. The van der Waals surface area contributed by atoms with Crippen LogP contribution in [0.15, 0.2) is 68.6 Å². The lowest BCUT2D eigenvalue weighted by atomic mass is 10.1. The third-order valence-corrected chi connectivity index (χ3v) is 4.04. The van der Waals surface area contributed by atoms with Crippen LogP contribution in [0.4, 0.5) is 5.69 Å². The Bertz CT molecular complexity index is 1030. The lowest BCUT2D eigenvalue weighted by Crippen LogP contribution is -2.17. The average Bonchev–Trinajstić information content (AvgIpc) is 3.12. The van der Waals surface area contributed by atoms with Gasteiger partial charge in [-0.3, -0.25) is 14.9 Å². The van der Waals surface area contributed by atoms with Crippen LogP contribution in [0.5, 0.6) is 5.75 Å². The van der Waals surface area contributed by atoms with Crippen LogP contribution in [0.2, 0.25) is 0 Å². The number of hydrogen-bond donors (Lipinski definition) is 2. The molecule has 9 heteroatoms. The summed E-state index contributed by atoms with van der Waals surface area (Å²) in [5.74, 6) is 0.140. The van der Waals surface area contributed by atoms with Gasteiger partial charge in [-0.2, -0.15) is 5.10 Å². The molecule has 8 nitrogen and oxygen atoms in total. The lowest BCUT2D eigenvalue weighted by molar-refractivity contribution is -0.384. The first-order valence-corrected chi connectivity index (χ1v) is 8.40. The molecule has 1 heterocycles. The zero-order valence-electron chi connectivity index (χ0n) is 13.6. The summed E-state index contributed by atoms with van der Waals surface area (Å²) in [7, 11) is 0. The van der Waals surface area contributed by atoms with Gasteiger partial charge in [0, 0.05) is 22.2 Å². The van der Waals surface area contributed by atoms with Crippen LogP contribution < -0.4 is 5.43 Å². The van der Waals surface area contributed by atoms with Gasteiger partial charge in [-0.15, -0.1) is 0 Å². The first-order valence-electron chi connectivity index (χ1n) is 7.60. The lowest BCUT2D eigenvalue weighted by Gasteiger charge is -2.03. The molecule has 27 heavy (non-hydrogen) atoms. The van der Waals surface area contributed by atoms with Gasteiger partial charge in [0.25, 0.3) is 11.6 Å². The Morgan fingerprint density at radius 3 is 2.63 bits per heavy atom. The van der Waals surface area contributed by atoms with Crippen LogP contribution in [0.25, 0.3) is 11.3 Å². The summed E-state index contributed by atoms with van der Waals surface area (Å²) in [6.07, 6.45) is 1.31. The second-order valence-corrected chi connectivity index (χ2v) is 6.28. The van der Waals surface area contributed by atoms with Gasteiger partial charge in [-0.25, -0.2) is 5.43 Å². The number of phenolic OH excluding ortho intramolecular Hbond substituents is 1. The van der Waals surface area contributed by atoms with E-state index < -0.39 is 10.8 Å². The Hall–Kier alpha value is -3.46. The molecule has 0 fully saturated rings. The Labute approximate surface area is 161 Å². The fourth-order valence-corrected chi connectivity index (χ4v) is 2.59. The number of aromatic hydroxyl groups is 1. The molecule has 136 valence electrons. The largest absolute Gasteiger partial charge is 0.507 e. The number of benzene rings is 2. The first kappa shape index (κ1) is 18.3. The van der Waals surface area contributed by atoms with Crippen molar-refractivity contribution in [1.82, 2.24) is 5.43 Å². The van der Waals surface area contributed by atoms with E-state index in [4.69, 9.17) is 4.42 Å². The van der Waals surface area contributed by atoms with Crippen molar-refractivity contribution in [3.8, 4) is 17.1 Å². The van der Waals surface area contributed by atoms with E-state index >= 15 is 0 Å². The zero-order valence-corrected chi connectivity index (χ0v) is 15.2. The maximum absolute atomic E-state index is 12.0. The molecule has 0 aliphatic carbocycles. The molecule has 1 aromatic heterocycles. The van der Waals surface area contributed by atoms with Crippen LogP contribution in [0.1, 0.15) is 16.1 Å². The number of nitro benzene ring substituents is 1. The Balaban J connectivity index is 1.67. The van der Waals surface area contributed by atoms with E-state index in [1.807, 2.05) is 0 Å². The second-order valence-electron chi connectivity index (χ2n) is 5.37. The van der Waals surface area contributed by atoms with Crippen molar-refractivity contribution in [1.29, 1.82) is 0 Å². The number of carbonyl (C=O) groups is 1. The number of amides is 1. The van der Waals surface area contributed by atoms with Gasteiger partial charge in [0.2, 0.25) is 0 Å². The van der Waals surface area contributed by atoms with Gasteiger partial charge in [0.1, 0.15) is 17.3 Å². The zero-order chi connectivity index (χ0) is 19.4. The number of halogens is 1. The van der Waals surface area contributed by atoms with Crippen molar-refractivity contribution in [2.45, 2.75) is 0 Å². The Morgan fingerprint density at radius 2 is 1.93 bits per heavy atom. The fourth-order valence-electron chi connectivity index (χ4n) is 2.23. The van der Waals surface area contributed by atoms with Gasteiger partial charge < -0.3 is 9.52 Å². The number of hydrazone groups is 1. The minimum atomic E-state index is -0.577. The molecule has 0 atom stereocenters. The summed E-state index contributed by atoms with van der Waals surface area (Å²) in [6, 6.07) is 13.7. The van der Waals surface area contributed by atoms with Gasteiger partial charge in [-0.1, -0.05) is 15.9 Å². The van der Waals surface area contributed by atoms with Crippen LogP contribution in [0, 0.1) is 10.1 Å². The standard InChI is InChI=1S/C18H12BrN3O5/c19-12-3-7-16(23)15(9-12)18(24)21-20-10-14-6-8-17(27-14)11-1-4-13(5-2-11)22(25)26/h1-10,23H,(H,21,24)/b20-10+. The van der Waals surface area contributed by atoms with Crippen LogP contribution in [0.3, 0.4) is 0 Å². The normalized spacial score (nSPS) is 10.9. The highest BCUT2D eigenvalue weighted by Gasteiger charge is 2.11. The van der Waals surface area contributed by atoms with Gasteiger partial charge in [0.15, 0.2) is 0 Å². The molecule has 3 rings (SSSR count). The predicted octanol–water partition coefficient (Wildman–Crippen LogP) is 4.09. The number of nitrogens with one attached hydrogen (secondary N) is 1. The molecule has 0 unspecified atom stereocenters. The number of nitro groups is 1. The molecular weight excluding hydrogens is 418 g/mol. The molecule has 0 aliphatic heterocycles. The van der Waals surface area contributed by atoms with Crippen molar-refractivity contribution in [2.24, 2.45) is 5.10 Å². The van der Waals surface area contributed by atoms with Crippen LogP contribution in [-0.2, 0) is 0 Å². The molecule has 0 saturated carbocycles. The summed E-state index contributed by atoms with van der Waals surface area (Å²) in [6.45, 7) is 0. The minimum Gasteiger partial charge on any atom is -0.507 e. The van der Waals surface area contributed by atoms with Crippen molar-refractivity contribution >= 4 is 33.7 Å². The summed E-state index contributed by atoms with van der Waals surface area (Å²) in [5.41, 5.74) is 3.04. The molecule has 1 amide bonds. The maximum Gasteiger partial charge on any atom is 0.275 e. The molecule has 3 aromatic rings. The molecule has 0 spiro atoms. The van der Waals surface area contributed by atoms with Crippen LogP contribution >= 0.6 is 15.9 Å². The topological polar surface area (TPSA) is 118 Å². The molecule has 0 aliphatic rings. The smallest absolute Gasteiger partial charge is 0.275 e. The van der Waals surface area contributed by atoms with E-state index in [0.29, 0.717) is 21.6 Å². The molecule has 0 saturated heterocycles. The summed E-state index contributed by atoms with van der Waals surface area (Å²) >= 11 is 3.22. The van der Waals surface area contributed by atoms with Crippen molar-refractivity contribution < 1.29 is 19.2 Å². The van der Waals surface area contributed by atoms with E-state index in [0.717, 1.165) is 0 Å². The van der Waals surface area contributed by atoms with E-state index in [1.165, 1.54) is 30.5 Å². The highest BCUT2D eigenvalue weighted by atomic mass is 79.9. The first-order chi connectivity index (χ1) is 12.9. The highest BCUT2D eigenvalue weighted by Crippen LogP contribution is 2.24. The highest BCUT2D eigenvalue weighted by molar-refractivity contribution is 9.10. The van der Waals surface area contributed by atoms with E-state index in [9.17, 15) is 20.0 Å². The third kappa shape index (κ3) is 4.39. The van der Waals surface area contributed by atoms with E-state index in [2.05, 4.69) is 26.5 Å². The second kappa shape index (κ2) is 7.83. The number of phenols is 1. The average molecular weight is 430 g/mol. The summed E-state index contributed by atoms with van der Waals surface area (Å²) in [4.78, 5) is 22.2. The number of non-ortho nitro benzene ring substituents is 1.